The van der Waals surface area contributed by atoms with Gasteiger partial charge in [0.05, 0.1) is 18.1 Å². The first-order valence-electron chi connectivity index (χ1n) is 7.39. The van der Waals surface area contributed by atoms with Gasteiger partial charge in [0.25, 0.3) is 5.56 Å². The van der Waals surface area contributed by atoms with Crippen molar-refractivity contribution < 1.29 is 14.2 Å². The molecule has 1 aliphatic rings. The molecular weight excluding hydrogens is 308 g/mol. The summed E-state index contributed by atoms with van der Waals surface area (Å²) >= 11 is 0. The smallest absolute Gasteiger partial charge is 0.274 e. The maximum Gasteiger partial charge on any atom is 0.274 e. The summed E-state index contributed by atoms with van der Waals surface area (Å²) in [6, 6.07) is 11.1. The lowest BCUT2D eigenvalue weighted by atomic mass is 10.1. The van der Waals surface area contributed by atoms with Crippen LogP contribution in [0.2, 0.25) is 0 Å². The van der Waals surface area contributed by atoms with E-state index in [9.17, 15) is 4.79 Å². The van der Waals surface area contributed by atoms with Gasteiger partial charge >= 0.3 is 0 Å². The molecule has 0 unspecified atom stereocenters. The first-order valence-corrected chi connectivity index (χ1v) is 7.39. The summed E-state index contributed by atoms with van der Waals surface area (Å²) in [5.74, 6) is 1.80. The van der Waals surface area contributed by atoms with E-state index in [-0.39, 0.29) is 12.4 Å². The predicted molar refractivity (Wildman–Crippen MR) is 90.4 cm³/mol. The molecule has 0 amide bonds. The summed E-state index contributed by atoms with van der Waals surface area (Å²) in [5.41, 5.74) is 2.37. The SMILES string of the molecule is COc1cc(/C=C/c2nc3ccccc3[nH]c2=O)cc2c1OCO2. The van der Waals surface area contributed by atoms with E-state index in [2.05, 4.69) is 9.97 Å². The summed E-state index contributed by atoms with van der Waals surface area (Å²) in [7, 11) is 1.57. The van der Waals surface area contributed by atoms with E-state index in [0.29, 0.717) is 28.5 Å². The van der Waals surface area contributed by atoms with Gasteiger partial charge in [-0.25, -0.2) is 4.98 Å². The van der Waals surface area contributed by atoms with Crippen molar-refractivity contribution in [2.24, 2.45) is 0 Å². The van der Waals surface area contributed by atoms with Crippen LogP contribution in [-0.2, 0) is 0 Å². The van der Waals surface area contributed by atoms with Gasteiger partial charge in [-0.3, -0.25) is 4.79 Å². The minimum atomic E-state index is -0.238. The van der Waals surface area contributed by atoms with Crippen LogP contribution in [0.4, 0.5) is 0 Å². The van der Waals surface area contributed by atoms with Gasteiger partial charge in [0, 0.05) is 0 Å². The fourth-order valence-electron chi connectivity index (χ4n) is 2.58. The lowest BCUT2D eigenvalue weighted by Crippen LogP contribution is -2.11. The molecule has 24 heavy (non-hydrogen) atoms. The molecule has 3 aromatic rings. The molecule has 1 aliphatic heterocycles. The maximum atomic E-state index is 12.1. The third-order valence-electron chi connectivity index (χ3n) is 3.74. The van der Waals surface area contributed by atoms with Crippen LogP contribution in [0.1, 0.15) is 11.3 Å². The van der Waals surface area contributed by atoms with Crippen molar-refractivity contribution in [1.82, 2.24) is 9.97 Å². The number of ether oxygens (including phenoxy) is 3. The Labute approximate surface area is 137 Å². The molecule has 0 atom stereocenters. The maximum absolute atomic E-state index is 12.1. The number of hydrogen-bond donors (Lipinski definition) is 1. The van der Waals surface area contributed by atoms with Gasteiger partial charge < -0.3 is 19.2 Å². The van der Waals surface area contributed by atoms with Gasteiger partial charge in [-0.2, -0.15) is 0 Å². The third kappa shape index (κ3) is 2.48. The Morgan fingerprint density at radius 1 is 1.21 bits per heavy atom. The third-order valence-corrected chi connectivity index (χ3v) is 3.74. The minimum Gasteiger partial charge on any atom is -0.493 e. The molecule has 6 nitrogen and oxygen atoms in total. The Morgan fingerprint density at radius 2 is 2.08 bits per heavy atom. The van der Waals surface area contributed by atoms with Crippen LogP contribution in [-0.4, -0.2) is 23.9 Å². The highest BCUT2D eigenvalue weighted by Gasteiger charge is 2.19. The monoisotopic (exact) mass is 322 g/mol. The van der Waals surface area contributed by atoms with Crippen LogP contribution in [0.3, 0.4) is 0 Å². The Morgan fingerprint density at radius 3 is 2.96 bits per heavy atom. The Kier molecular flexibility index (Phi) is 3.42. The van der Waals surface area contributed by atoms with Gasteiger partial charge in [-0.15, -0.1) is 0 Å². The van der Waals surface area contributed by atoms with E-state index < -0.39 is 0 Å². The number of benzene rings is 2. The summed E-state index contributed by atoms with van der Waals surface area (Å²) in [4.78, 5) is 19.3. The van der Waals surface area contributed by atoms with Gasteiger partial charge in [-0.05, 0) is 35.9 Å². The molecule has 2 aromatic carbocycles. The average Bonchev–Trinajstić information content (AvgIpc) is 3.07. The van der Waals surface area contributed by atoms with Crippen LogP contribution >= 0.6 is 0 Å². The van der Waals surface area contributed by atoms with E-state index >= 15 is 0 Å². The van der Waals surface area contributed by atoms with E-state index in [1.165, 1.54) is 0 Å². The highest BCUT2D eigenvalue weighted by atomic mass is 16.7. The largest absolute Gasteiger partial charge is 0.493 e. The molecule has 0 saturated heterocycles. The topological polar surface area (TPSA) is 73.4 Å². The van der Waals surface area contributed by atoms with Crippen LogP contribution in [0.25, 0.3) is 23.2 Å². The average molecular weight is 322 g/mol. The highest BCUT2D eigenvalue weighted by molar-refractivity contribution is 5.77. The summed E-state index contributed by atoms with van der Waals surface area (Å²) in [5, 5.41) is 0. The second kappa shape index (κ2) is 5.73. The summed E-state index contributed by atoms with van der Waals surface area (Å²) in [6.45, 7) is 0.171. The van der Waals surface area contributed by atoms with Crippen molar-refractivity contribution in [3.05, 3.63) is 58.0 Å². The number of methoxy groups -OCH3 is 1. The van der Waals surface area contributed by atoms with Gasteiger partial charge in [0.15, 0.2) is 11.5 Å². The Hall–Kier alpha value is -3.28. The number of fused-ring (bicyclic) bond motifs is 2. The van der Waals surface area contributed by atoms with Crippen molar-refractivity contribution in [3.8, 4) is 17.2 Å². The van der Waals surface area contributed by atoms with Crippen molar-refractivity contribution in [2.75, 3.05) is 13.9 Å². The molecule has 6 heteroatoms. The normalized spacial score (nSPS) is 12.9. The molecular formula is C18H14N2O4. The number of rotatable bonds is 3. The molecule has 4 rings (SSSR count). The van der Waals surface area contributed by atoms with Gasteiger partial charge in [0.2, 0.25) is 12.5 Å². The van der Waals surface area contributed by atoms with Crippen LogP contribution in [0, 0.1) is 0 Å². The van der Waals surface area contributed by atoms with Crippen LogP contribution in [0.5, 0.6) is 17.2 Å². The van der Waals surface area contributed by atoms with Gasteiger partial charge in [-0.1, -0.05) is 18.2 Å². The second-order valence-corrected chi connectivity index (χ2v) is 5.26. The molecule has 2 heterocycles. The summed E-state index contributed by atoms with van der Waals surface area (Å²) in [6.07, 6.45) is 3.46. The number of nitrogens with one attached hydrogen (secondary N) is 1. The second-order valence-electron chi connectivity index (χ2n) is 5.26. The molecule has 1 N–H and O–H groups in total. The first kappa shape index (κ1) is 14.3. The van der Waals surface area contributed by atoms with Crippen LogP contribution < -0.4 is 19.8 Å². The number of aromatic amines is 1. The Bertz CT molecular complexity index is 1010. The van der Waals surface area contributed by atoms with E-state index in [1.54, 1.807) is 19.3 Å². The van der Waals surface area contributed by atoms with E-state index in [4.69, 9.17) is 14.2 Å². The van der Waals surface area contributed by atoms with E-state index in [0.717, 1.165) is 11.1 Å². The number of hydrogen-bond acceptors (Lipinski definition) is 5. The summed E-state index contributed by atoms with van der Waals surface area (Å²) < 4.78 is 16.1. The van der Waals surface area contributed by atoms with Crippen LogP contribution in [0.15, 0.2) is 41.2 Å². The quantitative estimate of drug-likeness (QED) is 0.802. The predicted octanol–water partition coefficient (Wildman–Crippen LogP) is 2.83. The zero-order chi connectivity index (χ0) is 16.5. The minimum absolute atomic E-state index is 0.171. The van der Waals surface area contributed by atoms with Crippen molar-refractivity contribution in [1.29, 1.82) is 0 Å². The lowest BCUT2D eigenvalue weighted by Gasteiger charge is -2.05. The number of H-pyrrole nitrogens is 1. The lowest BCUT2D eigenvalue weighted by molar-refractivity contribution is 0.171. The standard InChI is InChI=1S/C18H14N2O4/c1-22-15-8-11(9-16-17(15)24-10-23-16)6-7-14-18(21)20-13-5-3-2-4-12(13)19-14/h2-9H,10H2,1H3,(H,20,21)/b7-6+. The fraction of sp³-hybridized carbons (Fsp3) is 0.111. The van der Waals surface area contributed by atoms with Crippen molar-refractivity contribution in [3.63, 3.8) is 0 Å². The zero-order valence-corrected chi connectivity index (χ0v) is 12.9. The molecule has 0 spiro atoms. The number of nitrogens with zero attached hydrogens (tertiary/aromatic N) is 1. The molecule has 0 saturated carbocycles. The molecule has 0 bridgehead atoms. The molecule has 0 aliphatic carbocycles. The molecule has 0 radical (unpaired) electrons. The first-order chi connectivity index (χ1) is 11.7. The van der Waals surface area contributed by atoms with E-state index in [1.807, 2.05) is 36.4 Å². The number of aromatic nitrogens is 2. The molecule has 1 aromatic heterocycles. The molecule has 0 fully saturated rings. The zero-order valence-electron chi connectivity index (χ0n) is 12.9. The van der Waals surface area contributed by atoms with Crippen molar-refractivity contribution in [2.45, 2.75) is 0 Å². The Balaban J connectivity index is 1.73. The van der Waals surface area contributed by atoms with Gasteiger partial charge in [0.1, 0.15) is 5.69 Å². The highest BCUT2D eigenvalue weighted by Crippen LogP contribution is 2.42. The fourth-order valence-corrected chi connectivity index (χ4v) is 2.58. The molecule has 120 valence electrons. The van der Waals surface area contributed by atoms with Crippen molar-refractivity contribution >= 4 is 23.2 Å². The number of para-hydroxylation sites is 2.